The van der Waals surface area contributed by atoms with Gasteiger partial charge in [-0.05, 0) is 32.9 Å². The van der Waals surface area contributed by atoms with Crippen molar-refractivity contribution in [2.45, 2.75) is 32.7 Å². The van der Waals surface area contributed by atoms with E-state index >= 15 is 0 Å². The van der Waals surface area contributed by atoms with E-state index in [9.17, 15) is 8.42 Å². The third-order valence-electron chi connectivity index (χ3n) is 2.15. The zero-order chi connectivity index (χ0) is 12.4. The lowest BCUT2D eigenvalue weighted by Gasteiger charge is -2.13. The van der Waals surface area contributed by atoms with E-state index < -0.39 is 10.0 Å². The average Bonchev–Trinajstić information content (AvgIpc) is 2.21. The summed E-state index contributed by atoms with van der Waals surface area (Å²) in [5.74, 6) is 0.178. The van der Waals surface area contributed by atoms with E-state index in [-0.39, 0.29) is 11.8 Å². The lowest BCUT2D eigenvalue weighted by Crippen LogP contribution is -2.35. The summed E-state index contributed by atoms with van der Waals surface area (Å²) in [5, 5.41) is 3.10. The van der Waals surface area contributed by atoms with Crippen molar-refractivity contribution >= 4 is 10.0 Å². The van der Waals surface area contributed by atoms with E-state index in [0.29, 0.717) is 19.4 Å². The standard InChI is InChI=1S/C10H24N2O3S/c1-4-11-7-5-9-16(13,14)12-10(2)6-8-15-3/h10-12H,4-9H2,1-3H3. The molecule has 0 aliphatic carbocycles. The molecule has 0 saturated heterocycles. The Morgan fingerprint density at radius 3 is 2.62 bits per heavy atom. The average molecular weight is 252 g/mol. The second kappa shape index (κ2) is 8.92. The van der Waals surface area contributed by atoms with Crippen molar-refractivity contribution in [2.24, 2.45) is 0 Å². The minimum Gasteiger partial charge on any atom is -0.385 e. The third-order valence-corrected chi connectivity index (χ3v) is 3.74. The van der Waals surface area contributed by atoms with Crippen LogP contribution < -0.4 is 10.0 Å². The minimum absolute atomic E-state index is 0.0657. The van der Waals surface area contributed by atoms with Crippen molar-refractivity contribution in [1.29, 1.82) is 0 Å². The highest BCUT2D eigenvalue weighted by Gasteiger charge is 2.13. The summed E-state index contributed by atoms with van der Waals surface area (Å²) in [6, 6.07) is -0.0657. The Labute approximate surface area is 99.0 Å². The molecular weight excluding hydrogens is 228 g/mol. The number of rotatable bonds is 10. The van der Waals surface area contributed by atoms with E-state index in [1.807, 2.05) is 13.8 Å². The SMILES string of the molecule is CCNCCCS(=O)(=O)NC(C)CCOC. The molecule has 0 bridgehead atoms. The molecule has 98 valence electrons. The van der Waals surface area contributed by atoms with Crippen molar-refractivity contribution in [1.82, 2.24) is 10.0 Å². The molecule has 1 atom stereocenters. The molecule has 1 unspecified atom stereocenters. The van der Waals surface area contributed by atoms with Gasteiger partial charge in [-0.2, -0.15) is 0 Å². The molecule has 0 amide bonds. The molecule has 0 aromatic heterocycles. The zero-order valence-electron chi connectivity index (χ0n) is 10.5. The van der Waals surface area contributed by atoms with Gasteiger partial charge in [0.05, 0.1) is 5.75 Å². The highest BCUT2D eigenvalue weighted by Crippen LogP contribution is 1.96. The molecular formula is C10H24N2O3S. The van der Waals surface area contributed by atoms with Crippen molar-refractivity contribution in [3.63, 3.8) is 0 Å². The summed E-state index contributed by atoms with van der Waals surface area (Å²) in [7, 11) is -1.53. The van der Waals surface area contributed by atoms with E-state index in [1.54, 1.807) is 7.11 Å². The predicted octanol–water partition coefficient (Wildman–Crippen LogP) is 0.330. The second-order valence-corrected chi connectivity index (χ2v) is 5.70. The molecule has 0 rings (SSSR count). The van der Waals surface area contributed by atoms with Crippen molar-refractivity contribution in [2.75, 3.05) is 32.6 Å². The number of hydrogen-bond donors (Lipinski definition) is 2. The minimum atomic E-state index is -3.14. The lowest BCUT2D eigenvalue weighted by molar-refractivity contribution is 0.188. The van der Waals surface area contributed by atoms with Crippen LogP contribution in [0.2, 0.25) is 0 Å². The highest BCUT2D eigenvalue weighted by atomic mass is 32.2. The number of sulfonamides is 1. The maximum Gasteiger partial charge on any atom is 0.211 e. The molecule has 6 heteroatoms. The van der Waals surface area contributed by atoms with Gasteiger partial charge in [0.2, 0.25) is 10.0 Å². The Morgan fingerprint density at radius 2 is 2.06 bits per heavy atom. The molecule has 5 nitrogen and oxygen atoms in total. The number of nitrogens with one attached hydrogen (secondary N) is 2. The molecule has 0 saturated carbocycles. The number of ether oxygens (including phenoxy) is 1. The first-order valence-corrected chi connectivity index (χ1v) is 7.36. The molecule has 16 heavy (non-hydrogen) atoms. The Morgan fingerprint density at radius 1 is 1.38 bits per heavy atom. The smallest absolute Gasteiger partial charge is 0.211 e. The van der Waals surface area contributed by atoms with Gasteiger partial charge in [0.15, 0.2) is 0 Å². The van der Waals surface area contributed by atoms with E-state index in [2.05, 4.69) is 10.0 Å². The van der Waals surface area contributed by atoms with Gasteiger partial charge in [-0.25, -0.2) is 13.1 Å². The molecule has 0 aromatic carbocycles. The Kier molecular flexibility index (Phi) is 8.83. The van der Waals surface area contributed by atoms with Crippen LogP contribution in [0.15, 0.2) is 0 Å². The topological polar surface area (TPSA) is 67.4 Å². The molecule has 0 radical (unpaired) electrons. The van der Waals surface area contributed by atoms with Crippen LogP contribution in [0.25, 0.3) is 0 Å². The number of hydrogen-bond acceptors (Lipinski definition) is 4. The summed E-state index contributed by atoms with van der Waals surface area (Å²) in [5.41, 5.74) is 0. The Hall–Kier alpha value is -0.170. The largest absolute Gasteiger partial charge is 0.385 e. The molecule has 0 aliphatic rings. The molecule has 0 aliphatic heterocycles. The van der Waals surface area contributed by atoms with Crippen LogP contribution in [-0.2, 0) is 14.8 Å². The van der Waals surface area contributed by atoms with Gasteiger partial charge in [-0.1, -0.05) is 6.92 Å². The maximum atomic E-state index is 11.6. The number of methoxy groups -OCH3 is 1. The summed E-state index contributed by atoms with van der Waals surface area (Å²) >= 11 is 0. The zero-order valence-corrected chi connectivity index (χ0v) is 11.3. The predicted molar refractivity (Wildman–Crippen MR) is 66.0 cm³/mol. The van der Waals surface area contributed by atoms with Crippen LogP contribution in [0, 0.1) is 0 Å². The highest BCUT2D eigenvalue weighted by molar-refractivity contribution is 7.89. The van der Waals surface area contributed by atoms with Gasteiger partial charge in [-0.3, -0.25) is 0 Å². The third kappa shape index (κ3) is 9.08. The van der Waals surface area contributed by atoms with Gasteiger partial charge in [0, 0.05) is 19.8 Å². The van der Waals surface area contributed by atoms with Crippen LogP contribution in [-0.4, -0.2) is 47.0 Å². The van der Waals surface area contributed by atoms with Crippen molar-refractivity contribution in [3.05, 3.63) is 0 Å². The maximum absolute atomic E-state index is 11.6. The normalized spacial score (nSPS) is 13.9. The van der Waals surface area contributed by atoms with Crippen LogP contribution in [0.1, 0.15) is 26.7 Å². The summed E-state index contributed by atoms with van der Waals surface area (Å²) < 4.78 is 30.7. The van der Waals surface area contributed by atoms with Crippen LogP contribution in [0.5, 0.6) is 0 Å². The Bertz CT molecular complexity index is 255. The first kappa shape index (κ1) is 15.8. The monoisotopic (exact) mass is 252 g/mol. The van der Waals surface area contributed by atoms with E-state index in [4.69, 9.17) is 4.74 Å². The Balaban J connectivity index is 3.76. The van der Waals surface area contributed by atoms with E-state index in [0.717, 1.165) is 13.1 Å². The van der Waals surface area contributed by atoms with Crippen LogP contribution in [0.3, 0.4) is 0 Å². The van der Waals surface area contributed by atoms with Gasteiger partial charge >= 0.3 is 0 Å². The van der Waals surface area contributed by atoms with Gasteiger partial charge in [0.1, 0.15) is 0 Å². The summed E-state index contributed by atoms with van der Waals surface area (Å²) in [6.45, 7) is 6.03. The van der Waals surface area contributed by atoms with Gasteiger partial charge in [-0.15, -0.1) is 0 Å². The fraction of sp³-hybridized carbons (Fsp3) is 1.00. The van der Waals surface area contributed by atoms with Crippen molar-refractivity contribution < 1.29 is 13.2 Å². The molecule has 0 spiro atoms. The molecule has 0 aromatic rings. The fourth-order valence-electron chi connectivity index (χ4n) is 1.28. The van der Waals surface area contributed by atoms with Crippen LogP contribution >= 0.6 is 0 Å². The van der Waals surface area contributed by atoms with Crippen molar-refractivity contribution in [3.8, 4) is 0 Å². The molecule has 0 heterocycles. The van der Waals surface area contributed by atoms with Crippen LogP contribution in [0.4, 0.5) is 0 Å². The van der Waals surface area contributed by atoms with E-state index in [1.165, 1.54) is 0 Å². The first-order chi connectivity index (χ1) is 7.52. The quantitative estimate of drug-likeness (QED) is 0.550. The van der Waals surface area contributed by atoms with Gasteiger partial charge in [0.25, 0.3) is 0 Å². The lowest BCUT2D eigenvalue weighted by atomic mass is 10.3. The molecule has 0 fully saturated rings. The van der Waals surface area contributed by atoms with Gasteiger partial charge < -0.3 is 10.1 Å². The summed E-state index contributed by atoms with van der Waals surface area (Å²) in [4.78, 5) is 0. The fourth-order valence-corrected chi connectivity index (χ4v) is 2.66. The summed E-state index contributed by atoms with van der Waals surface area (Å²) in [6.07, 6.45) is 1.34. The molecule has 2 N–H and O–H groups in total. The first-order valence-electron chi connectivity index (χ1n) is 5.71. The second-order valence-electron chi connectivity index (χ2n) is 3.83.